The van der Waals surface area contributed by atoms with Crippen LogP contribution in [-0.4, -0.2) is 30.3 Å². The van der Waals surface area contributed by atoms with Crippen molar-refractivity contribution in [3.63, 3.8) is 0 Å². The molecule has 2 N–H and O–H groups in total. The Morgan fingerprint density at radius 3 is 2.48 bits per heavy atom. The second-order valence-electron chi connectivity index (χ2n) is 7.44. The van der Waals surface area contributed by atoms with E-state index in [4.69, 9.17) is 9.47 Å². The van der Waals surface area contributed by atoms with Crippen LogP contribution in [0.5, 0.6) is 5.75 Å². The van der Waals surface area contributed by atoms with E-state index < -0.39 is 18.1 Å². The molecule has 0 fully saturated rings. The van der Waals surface area contributed by atoms with Gasteiger partial charge < -0.3 is 19.9 Å². The summed E-state index contributed by atoms with van der Waals surface area (Å²) in [6, 6.07) is 20.1. The van der Waals surface area contributed by atoms with Gasteiger partial charge in [0.25, 0.3) is 0 Å². The Morgan fingerprint density at radius 1 is 1.00 bits per heavy atom. The van der Waals surface area contributed by atoms with E-state index in [1.165, 1.54) is 11.1 Å². The number of hydrogen-bond donors (Lipinski definition) is 2. The van der Waals surface area contributed by atoms with E-state index in [0.29, 0.717) is 5.75 Å². The first-order valence-electron chi connectivity index (χ1n) is 10.0. The molecule has 4 rings (SSSR count). The number of carbonyl (C=O) groups excluding carboxylic acids is 1. The topological polar surface area (TPSA) is 84.9 Å². The lowest BCUT2D eigenvalue weighted by atomic mass is 10.0. The predicted molar refractivity (Wildman–Crippen MR) is 116 cm³/mol. The van der Waals surface area contributed by atoms with Gasteiger partial charge in [-0.1, -0.05) is 54.6 Å². The molecule has 1 aliphatic carbocycles. The molecule has 0 unspecified atom stereocenters. The number of nitrogens with one attached hydrogen (secondary N) is 1. The van der Waals surface area contributed by atoms with Crippen LogP contribution in [0.4, 0.5) is 4.79 Å². The van der Waals surface area contributed by atoms with Crippen LogP contribution in [0.15, 0.2) is 66.7 Å². The molecule has 0 spiro atoms. The van der Waals surface area contributed by atoms with Gasteiger partial charge in [-0.05, 0) is 51.9 Å². The lowest BCUT2D eigenvalue weighted by Gasteiger charge is -2.16. The minimum atomic E-state index is -1.12. The van der Waals surface area contributed by atoms with Gasteiger partial charge in [-0.3, -0.25) is 0 Å². The van der Waals surface area contributed by atoms with Gasteiger partial charge in [0.1, 0.15) is 18.4 Å². The molecule has 0 aliphatic heterocycles. The van der Waals surface area contributed by atoms with E-state index in [1.807, 2.05) is 24.3 Å². The molecule has 1 aliphatic rings. The van der Waals surface area contributed by atoms with Crippen LogP contribution < -0.4 is 10.1 Å². The van der Waals surface area contributed by atoms with Crippen molar-refractivity contribution in [1.29, 1.82) is 0 Å². The molecule has 0 bridgehead atoms. The smallest absolute Gasteiger partial charge is 0.408 e. The minimum absolute atomic E-state index is 0.0812. The zero-order valence-corrected chi connectivity index (χ0v) is 17.1. The fourth-order valence-electron chi connectivity index (χ4n) is 3.88. The molecule has 1 atom stereocenters. The van der Waals surface area contributed by atoms with Crippen LogP contribution >= 0.6 is 0 Å². The van der Waals surface area contributed by atoms with Gasteiger partial charge in [0, 0.05) is 6.42 Å². The van der Waals surface area contributed by atoms with Crippen molar-refractivity contribution in [2.75, 3.05) is 7.11 Å². The van der Waals surface area contributed by atoms with E-state index in [1.54, 1.807) is 31.4 Å². The SMILES string of the molecule is COc1ccc(C[C@H](NC(=O)OCc2cccc3c2Cc2ccccc2-3)C(=O)O)cc1. The monoisotopic (exact) mass is 417 g/mol. The van der Waals surface area contributed by atoms with Crippen molar-refractivity contribution >= 4 is 12.1 Å². The highest BCUT2D eigenvalue weighted by Crippen LogP contribution is 2.38. The van der Waals surface area contributed by atoms with Gasteiger partial charge >= 0.3 is 12.1 Å². The molecule has 0 radical (unpaired) electrons. The highest BCUT2D eigenvalue weighted by atomic mass is 16.5. The Bertz CT molecular complexity index is 1110. The summed E-state index contributed by atoms with van der Waals surface area (Å²) in [7, 11) is 1.56. The molecule has 158 valence electrons. The average molecular weight is 417 g/mol. The van der Waals surface area contributed by atoms with Crippen LogP contribution in [0.25, 0.3) is 11.1 Å². The quantitative estimate of drug-likeness (QED) is 0.471. The first-order chi connectivity index (χ1) is 15.0. The Morgan fingerprint density at radius 2 is 1.74 bits per heavy atom. The minimum Gasteiger partial charge on any atom is -0.497 e. The summed E-state index contributed by atoms with van der Waals surface area (Å²) in [6.45, 7) is 0.0812. The molecular formula is C25H23NO5. The highest BCUT2D eigenvalue weighted by molar-refractivity contribution is 5.80. The summed E-state index contributed by atoms with van der Waals surface area (Å²) in [5.41, 5.74) is 6.44. The van der Waals surface area contributed by atoms with E-state index >= 15 is 0 Å². The van der Waals surface area contributed by atoms with Gasteiger partial charge in [-0.2, -0.15) is 0 Å². The summed E-state index contributed by atoms with van der Waals surface area (Å²) in [6.07, 6.45) is 0.181. The number of carboxylic acids is 1. The van der Waals surface area contributed by atoms with E-state index in [2.05, 4.69) is 23.5 Å². The van der Waals surface area contributed by atoms with Gasteiger partial charge in [0.05, 0.1) is 7.11 Å². The third-order valence-electron chi connectivity index (χ3n) is 5.50. The first kappa shape index (κ1) is 20.5. The first-order valence-corrected chi connectivity index (χ1v) is 10.0. The second kappa shape index (κ2) is 8.92. The van der Waals surface area contributed by atoms with Crippen LogP contribution in [0.2, 0.25) is 0 Å². The van der Waals surface area contributed by atoms with E-state index in [-0.39, 0.29) is 13.0 Å². The predicted octanol–water partition coefficient (Wildman–Crippen LogP) is 4.19. The molecule has 6 heteroatoms. The number of alkyl carbamates (subject to hydrolysis) is 1. The number of methoxy groups -OCH3 is 1. The van der Waals surface area contributed by atoms with Gasteiger partial charge in [0.2, 0.25) is 0 Å². The van der Waals surface area contributed by atoms with Crippen LogP contribution in [0.1, 0.15) is 22.3 Å². The number of rotatable bonds is 7. The molecule has 0 saturated heterocycles. The Kier molecular flexibility index (Phi) is 5.89. The van der Waals surface area contributed by atoms with Crippen LogP contribution in [-0.2, 0) is 29.0 Å². The van der Waals surface area contributed by atoms with Crippen molar-refractivity contribution in [1.82, 2.24) is 5.32 Å². The third-order valence-corrected chi connectivity index (χ3v) is 5.50. The summed E-state index contributed by atoms with van der Waals surface area (Å²) < 4.78 is 10.5. The Hall–Kier alpha value is -3.80. The maximum absolute atomic E-state index is 12.3. The lowest BCUT2D eigenvalue weighted by molar-refractivity contribution is -0.139. The van der Waals surface area contributed by atoms with Crippen molar-refractivity contribution in [2.24, 2.45) is 0 Å². The van der Waals surface area contributed by atoms with E-state index in [9.17, 15) is 14.7 Å². The van der Waals surface area contributed by atoms with Crippen LogP contribution in [0.3, 0.4) is 0 Å². The third kappa shape index (κ3) is 4.53. The molecule has 0 heterocycles. The van der Waals surface area contributed by atoms with Gasteiger partial charge in [-0.15, -0.1) is 0 Å². The second-order valence-corrected chi connectivity index (χ2v) is 7.44. The molecule has 1 amide bonds. The lowest BCUT2D eigenvalue weighted by Crippen LogP contribution is -2.42. The number of hydrogen-bond acceptors (Lipinski definition) is 4. The Labute approximate surface area is 180 Å². The number of carbonyl (C=O) groups is 2. The molecular weight excluding hydrogens is 394 g/mol. The summed E-state index contributed by atoms with van der Waals surface area (Å²) in [5, 5.41) is 12.0. The number of amides is 1. The van der Waals surface area contributed by atoms with Crippen molar-refractivity contribution in [2.45, 2.75) is 25.5 Å². The Balaban J connectivity index is 1.39. The average Bonchev–Trinajstić information content (AvgIpc) is 3.17. The van der Waals surface area contributed by atoms with Gasteiger partial charge in [0.15, 0.2) is 0 Å². The van der Waals surface area contributed by atoms with Crippen molar-refractivity contribution < 1.29 is 24.2 Å². The maximum atomic E-state index is 12.3. The maximum Gasteiger partial charge on any atom is 0.408 e. The van der Waals surface area contributed by atoms with E-state index in [0.717, 1.165) is 28.7 Å². The molecule has 3 aromatic carbocycles. The summed E-state index contributed by atoms with van der Waals surface area (Å²) in [5.74, 6) is -0.440. The number of fused-ring (bicyclic) bond motifs is 3. The van der Waals surface area contributed by atoms with Crippen molar-refractivity contribution in [3.05, 3.63) is 89.0 Å². The fraction of sp³-hybridized carbons (Fsp3) is 0.200. The van der Waals surface area contributed by atoms with Crippen molar-refractivity contribution in [3.8, 4) is 16.9 Å². The number of ether oxygens (including phenoxy) is 2. The molecule has 0 aromatic heterocycles. The normalized spacial score (nSPS) is 12.4. The number of aliphatic carboxylic acids is 1. The molecule has 31 heavy (non-hydrogen) atoms. The summed E-state index contributed by atoms with van der Waals surface area (Å²) in [4.78, 5) is 23.9. The van der Waals surface area contributed by atoms with Gasteiger partial charge in [-0.25, -0.2) is 9.59 Å². The number of carboxylic acid groups (broad SMARTS) is 1. The molecule has 0 saturated carbocycles. The number of benzene rings is 3. The zero-order chi connectivity index (χ0) is 21.8. The largest absolute Gasteiger partial charge is 0.497 e. The highest BCUT2D eigenvalue weighted by Gasteiger charge is 2.23. The summed E-state index contributed by atoms with van der Waals surface area (Å²) >= 11 is 0. The standard InChI is InChI=1S/C25H23NO5/c1-30-19-11-9-16(10-12-19)13-23(24(27)28)26-25(29)31-15-18-6-4-8-21-20-7-3-2-5-17(20)14-22(18)21/h2-12,23H,13-15H2,1H3,(H,26,29)(H,27,28)/t23-/m0/s1. The molecule has 6 nitrogen and oxygen atoms in total. The van der Waals surface area contributed by atoms with Crippen LogP contribution in [0, 0.1) is 0 Å². The zero-order valence-electron chi connectivity index (χ0n) is 17.1. The fourth-order valence-corrected chi connectivity index (χ4v) is 3.88. The molecule has 3 aromatic rings.